The zero-order valence-corrected chi connectivity index (χ0v) is 16.9. The zero-order chi connectivity index (χ0) is 21.1. The minimum absolute atomic E-state index is 0.0390. The molecule has 0 spiro atoms. The molecule has 0 saturated heterocycles. The fourth-order valence-electron chi connectivity index (χ4n) is 3.73. The highest BCUT2D eigenvalue weighted by Crippen LogP contribution is 2.29. The Morgan fingerprint density at radius 1 is 1.20 bits per heavy atom. The molecule has 1 aliphatic rings. The second kappa shape index (κ2) is 8.28. The van der Waals surface area contributed by atoms with Gasteiger partial charge in [0, 0.05) is 0 Å². The van der Waals surface area contributed by atoms with Gasteiger partial charge in [-0.2, -0.15) is 5.26 Å². The van der Waals surface area contributed by atoms with Gasteiger partial charge >= 0.3 is 0 Å². The maximum Gasteiger partial charge on any atom is 0.266 e. The number of nitrogens with one attached hydrogen (secondary N) is 1. The molecule has 8 heteroatoms. The highest BCUT2D eigenvalue weighted by Gasteiger charge is 2.35. The van der Waals surface area contributed by atoms with Crippen molar-refractivity contribution in [3.8, 4) is 11.8 Å². The Bertz CT molecular complexity index is 1210. The molecule has 152 valence electrons. The quantitative estimate of drug-likeness (QED) is 0.502. The zero-order valence-electron chi connectivity index (χ0n) is 16.1. The largest absolute Gasteiger partial charge is 0.337 e. The van der Waals surface area contributed by atoms with Crippen LogP contribution in [-0.4, -0.2) is 26.8 Å². The SMILES string of the molecule is N#CC1(NC(=O)CSc2nc3ccccc3c(=O)n2-c2ccccc2F)CCCC1. The van der Waals surface area contributed by atoms with E-state index in [1.54, 1.807) is 36.4 Å². The summed E-state index contributed by atoms with van der Waals surface area (Å²) in [5.41, 5.74) is -0.673. The van der Waals surface area contributed by atoms with Crippen molar-refractivity contribution in [2.24, 2.45) is 0 Å². The molecule has 1 aliphatic carbocycles. The van der Waals surface area contributed by atoms with Gasteiger partial charge < -0.3 is 5.32 Å². The molecule has 0 aliphatic heterocycles. The second-order valence-electron chi connectivity index (χ2n) is 7.24. The Kier molecular flexibility index (Phi) is 5.55. The number of amides is 1. The van der Waals surface area contributed by atoms with Crippen molar-refractivity contribution in [2.75, 3.05) is 5.75 Å². The van der Waals surface area contributed by atoms with Gasteiger partial charge in [-0.05, 0) is 49.9 Å². The summed E-state index contributed by atoms with van der Waals surface area (Å²) in [6.07, 6.45) is 3.07. The Balaban J connectivity index is 1.69. The predicted octanol–water partition coefficient (Wildman–Crippen LogP) is 3.57. The first-order chi connectivity index (χ1) is 14.5. The highest BCUT2D eigenvalue weighted by molar-refractivity contribution is 7.99. The van der Waals surface area contributed by atoms with Crippen LogP contribution in [0, 0.1) is 17.1 Å². The first-order valence-corrected chi connectivity index (χ1v) is 10.6. The number of nitrogens with zero attached hydrogens (tertiary/aromatic N) is 3. The van der Waals surface area contributed by atoms with Gasteiger partial charge in [0.05, 0.1) is 28.4 Å². The molecular formula is C22H19FN4O2S. The molecule has 4 rings (SSSR count). The molecule has 0 atom stereocenters. The number of carbonyl (C=O) groups excluding carboxylic acids is 1. The molecule has 1 heterocycles. The second-order valence-corrected chi connectivity index (χ2v) is 8.18. The van der Waals surface area contributed by atoms with Crippen LogP contribution in [0.5, 0.6) is 0 Å². The van der Waals surface area contributed by atoms with Gasteiger partial charge in [0.2, 0.25) is 5.91 Å². The molecular weight excluding hydrogens is 403 g/mol. The molecule has 6 nitrogen and oxygen atoms in total. The minimum Gasteiger partial charge on any atom is -0.337 e. The summed E-state index contributed by atoms with van der Waals surface area (Å²) in [4.78, 5) is 30.2. The lowest BCUT2D eigenvalue weighted by atomic mass is 10.0. The van der Waals surface area contributed by atoms with Crippen LogP contribution in [0.25, 0.3) is 16.6 Å². The molecule has 1 fully saturated rings. The van der Waals surface area contributed by atoms with E-state index in [-0.39, 0.29) is 22.5 Å². The number of hydrogen-bond donors (Lipinski definition) is 1. The van der Waals surface area contributed by atoms with Crippen LogP contribution in [0.15, 0.2) is 58.5 Å². The molecule has 0 unspecified atom stereocenters. The van der Waals surface area contributed by atoms with Gasteiger partial charge in [-0.25, -0.2) is 9.37 Å². The Morgan fingerprint density at radius 2 is 1.90 bits per heavy atom. The van der Waals surface area contributed by atoms with Crippen molar-refractivity contribution in [1.29, 1.82) is 5.26 Å². The predicted molar refractivity (Wildman–Crippen MR) is 113 cm³/mol. The third kappa shape index (κ3) is 3.81. The number of carbonyl (C=O) groups is 1. The average Bonchev–Trinajstić information content (AvgIpc) is 3.22. The standard InChI is InChI=1S/C22H19FN4O2S/c23-16-8-2-4-10-18(16)27-20(29)15-7-1-3-9-17(15)25-21(27)30-13-19(28)26-22(14-24)11-5-6-12-22/h1-4,7-10H,5-6,11-13H2,(H,26,28). The van der Waals surface area contributed by atoms with Gasteiger partial charge in [-0.1, -0.05) is 36.0 Å². The minimum atomic E-state index is -0.820. The summed E-state index contributed by atoms with van der Waals surface area (Å²) in [7, 11) is 0. The van der Waals surface area contributed by atoms with Crippen molar-refractivity contribution in [2.45, 2.75) is 36.4 Å². The van der Waals surface area contributed by atoms with Crippen molar-refractivity contribution in [1.82, 2.24) is 14.9 Å². The maximum atomic E-state index is 14.5. The van der Waals surface area contributed by atoms with Gasteiger partial charge in [-0.3, -0.25) is 14.2 Å². The number of benzene rings is 2. The summed E-state index contributed by atoms with van der Waals surface area (Å²) in [6, 6.07) is 15.0. The molecule has 1 N–H and O–H groups in total. The molecule has 2 aromatic carbocycles. The molecule has 1 aromatic heterocycles. The van der Waals surface area contributed by atoms with E-state index >= 15 is 0 Å². The van der Waals surface area contributed by atoms with E-state index in [4.69, 9.17) is 0 Å². The third-order valence-electron chi connectivity index (χ3n) is 5.22. The number of aromatic nitrogens is 2. The normalized spacial score (nSPS) is 15.1. The molecule has 30 heavy (non-hydrogen) atoms. The van der Waals surface area contributed by atoms with Crippen molar-refractivity contribution in [3.05, 3.63) is 64.7 Å². The number of hydrogen-bond acceptors (Lipinski definition) is 5. The van der Waals surface area contributed by atoms with Gasteiger partial charge in [0.15, 0.2) is 5.16 Å². The monoisotopic (exact) mass is 422 g/mol. The number of thioether (sulfide) groups is 1. The van der Waals surface area contributed by atoms with E-state index in [1.807, 2.05) is 0 Å². The fourth-order valence-corrected chi connectivity index (χ4v) is 4.54. The van der Waals surface area contributed by atoms with Crippen molar-refractivity contribution < 1.29 is 9.18 Å². The smallest absolute Gasteiger partial charge is 0.266 e. The highest BCUT2D eigenvalue weighted by atomic mass is 32.2. The van der Waals surface area contributed by atoms with Gasteiger partial charge in [-0.15, -0.1) is 0 Å². The molecule has 0 bridgehead atoms. The van der Waals surface area contributed by atoms with Gasteiger partial charge in [0.1, 0.15) is 11.4 Å². The lowest BCUT2D eigenvalue weighted by molar-refractivity contribution is -0.119. The third-order valence-corrected chi connectivity index (χ3v) is 6.16. The summed E-state index contributed by atoms with van der Waals surface area (Å²) < 4.78 is 15.7. The van der Waals surface area contributed by atoms with Crippen molar-refractivity contribution >= 4 is 28.6 Å². The van der Waals surface area contributed by atoms with E-state index < -0.39 is 16.9 Å². The fraction of sp³-hybridized carbons (Fsp3) is 0.273. The maximum absolute atomic E-state index is 14.5. The van der Waals surface area contributed by atoms with Crippen LogP contribution in [0.4, 0.5) is 4.39 Å². The molecule has 3 aromatic rings. The average molecular weight is 422 g/mol. The first kappa shape index (κ1) is 20.1. The number of para-hydroxylation sites is 2. The van der Waals surface area contributed by atoms with Crippen LogP contribution in [-0.2, 0) is 4.79 Å². The van der Waals surface area contributed by atoms with E-state index in [0.717, 1.165) is 24.6 Å². The summed E-state index contributed by atoms with van der Waals surface area (Å²) >= 11 is 1.04. The van der Waals surface area contributed by atoms with Crippen LogP contribution in [0.3, 0.4) is 0 Å². The molecule has 0 radical (unpaired) electrons. The molecule has 1 saturated carbocycles. The van der Waals surface area contributed by atoms with E-state index in [9.17, 15) is 19.2 Å². The summed E-state index contributed by atoms with van der Waals surface area (Å²) in [5, 5.41) is 12.9. The Morgan fingerprint density at radius 3 is 2.63 bits per heavy atom. The number of rotatable bonds is 5. The van der Waals surface area contributed by atoms with Crippen LogP contribution < -0.4 is 10.9 Å². The van der Waals surface area contributed by atoms with E-state index in [2.05, 4.69) is 16.4 Å². The Hall–Kier alpha value is -3.18. The van der Waals surface area contributed by atoms with Crippen LogP contribution in [0.1, 0.15) is 25.7 Å². The van der Waals surface area contributed by atoms with Crippen LogP contribution in [0.2, 0.25) is 0 Å². The summed E-state index contributed by atoms with van der Waals surface area (Å²) in [5.74, 6) is -0.911. The number of nitriles is 1. The number of halogens is 1. The first-order valence-electron chi connectivity index (χ1n) is 9.65. The Labute approximate surface area is 176 Å². The summed E-state index contributed by atoms with van der Waals surface area (Å²) in [6.45, 7) is 0. The van der Waals surface area contributed by atoms with E-state index in [0.29, 0.717) is 23.7 Å². The molecule has 1 amide bonds. The topological polar surface area (TPSA) is 87.8 Å². The lowest BCUT2D eigenvalue weighted by Crippen LogP contribution is -2.45. The van der Waals surface area contributed by atoms with E-state index in [1.165, 1.54) is 16.7 Å². The number of fused-ring (bicyclic) bond motifs is 1. The lowest BCUT2D eigenvalue weighted by Gasteiger charge is -2.22. The van der Waals surface area contributed by atoms with Crippen molar-refractivity contribution in [3.63, 3.8) is 0 Å². The van der Waals surface area contributed by atoms with Crippen LogP contribution >= 0.6 is 11.8 Å². The van der Waals surface area contributed by atoms with Gasteiger partial charge in [0.25, 0.3) is 5.56 Å².